The van der Waals surface area contributed by atoms with Crippen LogP contribution in [0.3, 0.4) is 0 Å². The highest BCUT2D eigenvalue weighted by Crippen LogP contribution is 2.00. The molecule has 0 aliphatic rings. The van der Waals surface area contributed by atoms with Crippen LogP contribution in [-0.4, -0.2) is 23.4 Å². The Morgan fingerprint density at radius 2 is 1.95 bits per heavy atom. The fourth-order valence-electron chi connectivity index (χ4n) is 1.65. The van der Waals surface area contributed by atoms with Crippen molar-refractivity contribution < 1.29 is 14.3 Å². The Labute approximate surface area is 128 Å². The first-order valence-corrected chi connectivity index (χ1v) is 6.79. The highest BCUT2D eigenvalue weighted by atomic mass is 16.5. The summed E-state index contributed by atoms with van der Waals surface area (Å²) in [6.45, 7) is 0.0319. The summed E-state index contributed by atoms with van der Waals surface area (Å²) in [5.41, 5.74) is 1.71. The minimum atomic E-state index is -0.480. The first-order chi connectivity index (χ1) is 10.7. The predicted octanol–water partition coefficient (Wildman–Crippen LogP) is 1.95. The average Bonchev–Trinajstić information content (AvgIpc) is 2.58. The molecule has 0 radical (unpaired) electrons. The third kappa shape index (κ3) is 5.58. The van der Waals surface area contributed by atoms with Crippen LogP contribution in [-0.2, 0) is 20.9 Å². The maximum absolute atomic E-state index is 11.6. The van der Waals surface area contributed by atoms with Crippen LogP contribution in [0, 0.1) is 0 Å². The molecule has 1 heterocycles. The summed E-state index contributed by atoms with van der Waals surface area (Å²) in [5, 5.41) is 2.47. The first kappa shape index (κ1) is 15.4. The minimum Gasteiger partial charge on any atom is -0.460 e. The molecule has 1 aromatic carbocycles. The Morgan fingerprint density at radius 3 is 2.68 bits per heavy atom. The predicted molar refractivity (Wildman–Crippen MR) is 82.5 cm³/mol. The van der Waals surface area contributed by atoms with Crippen molar-refractivity contribution in [1.82, 2.24) is 10.3 Å². The number of amides is 1. The molecule has 0 unspecified atom stereocenters. The number of rotatable bonds is 6. The Balaban J connectivity index is 1.69. The molecule has 1 amide bonds. The van der Waals surface area contributed by atoms with Crippen molar-refractivity contribution >= 4 is 18.0 Å². The molecule has 5 heteroatoms. The molecule has 0 spiro atoms. The van der Waals surface area contributed by atoms with E-state index in [2.05, 4.69) is 10.3 Å². The standard InChI is InChI=1S/C17H16N2O3/c20-16(9-8-14-7-4-10-18-11-14)19-12-17(21)22-13-15-5-2-1-3-6-15/h1-11H,12-13H2,(H,19,20)/b9-8+. The lowest BCUT2D eigenvalue weighted by Crippen LogP contribution is -2.29. The Kier molecular flexibility index (Phi) is 5.87. The summed E-state index contributed by atoms with van der Waals surface area (Å²) in [6, 6.07) is 13.0. The summed E-state index contributed by atoms with van der Waals surface area (Å²) in [5.74, 6) is -0.840. The first-order valence-electron chi connectivity index (χ1n) is 6.79. The summed E-state index contributed by atoms with van der Waals surface area (Å²) in [6.07, 6.45) is 6.26. The lowest BCUT2D eigenvalue weighted by molar-refractivity contribution is -0.144. The molecule has 22 heavy (non-hydrogen) atoms. The third-order valence-electron chi connectivity index (χ3n) is 2.76. The number of carbonyl (C=O) groups is 2. The van der Waals surface area contributed by atoms with E-state index < -0.39 is 5.97 Å². The van der Waals surface area contributed by atoms with Crippen molar-refractivity contribution in [2.45, 2.75) is 6.61 Å². The van der Waals surface area contributed by atoms with Crippen LogP contribution in [0.2, 0.25) is 0 Å². The molecular weight excluding hydrogens is 280 g/mol. The van der Waals surface area contributed by atoms with E-state index in [9.17, 15) is 9.59 Å². The van der Waals surface area contributed by atoms with Gasteiger partial charge in [-0.3, -0.25) is 14.6 Å². The van der Waals surface area contributed by atoms with Crippen molar-refractivity contribution in [2.24, 2.45) is 0 Å². The molecule has 0 aliphatic carbocycles. The fraction of sp³-hybridized carbons (Fsp3) is 0.118. The number of pyridine rings is 1. The molecule has 0 fully saturated rings. The molecule has 112 valence electrons. The van der Waals surface area contributed by atoms with E-state index in [1.54, 1.807) is 24.5 Å². The van der Waals surface area contributed by atoms with Gasteiger partial charge < -0.3 is 10.1 Å². The summed E-state index contributed by atoms with van der Waals surface area (Å²) < 4.78 is 5.05. The minimum absolute atomic E-state index is 0.164. The molecular formula is C17H16N2O3. The second-order valence-corrected chi connectivity index (χ2v) is 4.48. The topological polar surface area (TPSA) is 68.3 Å². The van der Waals surface area contributed by atoms with E-state index in [-0.39, 0.29) is 19.1 Å². The zero-order chi connectivity index (χ0) is 15.6. The van der Waals surface area contributed by atoms with Crippen LogP contribution >= 0.6 is 0 Å². The summed E-state index contributed by atoms with van der Waals surface area (Å²) >= 11 is 0. The van der Waals surface area contributed by atoms with Crippen LogP contribution < -0.4 is 5.32 Å². The number of aromatic nitrogens is 1. The van der Waals surface area contributed by atoms with Crippen molar-refractivity contribution in [1.29, 1.82) is 0 Å². The van der Waals surface area contributed by atoms with Gasteiger partial charge in [0.05, 0.1) is 0 Å². The number of hydrogen-bond acceptors (Lipinski definition) is 4. The Hall–Kier alpha value is -2.95. The van der Waals surface area contributed by atoms with E-state index >= 15 is 0 Å². The highest BCUT2D eigenvalue weighted by molar-refractivity contribution is 5.93. The summed E-state index contributed by atoms with van der Waals surface area (Å²) in [7, 11) is 0. The van der Waals surface area contributed by atoms with E-state index in [0.29, 0.717) is 0 Å². The quantitative estimate of drug-likeness (QED) is 0.653. The van der Waals surface area contributed by atoms with Crippen LogP contribution in [0.15, 0.2) is 60.9 Å². The maximum Gasteiger partial charge on any atom is 0.325 e. The van der Waals surface area contributed by atoms with Gasteiger partial charge in [0.2, 0.25) is 5.91 Å². The van der Waals surface area contributed by atoms with Crippen LogP contribution in [0.1, 0.15) is 11.1 Å². The number of hydrogen-bond donors (Lipinski definition) is 1. The van der Waals surface area contributed by atoms with Gasteiger partial charge in [0.1, 0.15) is 13.2 Å². The Bertz CT molecular complexity index is 639. The van der Waals surface area contributed by atoms with Crippen molar-refractivity contribution in [3.8, 4) is 0 Å². The van der Waals surface area contributed by atoms with Gasteiger partial charge in [-0.15, -0.1) is 0 Å². The number of benzene rings is 1. The SMILES string of the molecule is O=C(/C=C/c1cccnc1)NCC(=O)OCc1ccccc1. The van der Waals surface area contributed by atoms with Gasteiger partial charge in [-0.2, -0.15) is 0 Å². The van der Waals surface area contributed by atoms with Gasteiger partial charge in [-0.25, -0.2) is 0 Å². The van der Waals surface area contributed by atoms with Gasteiger partial charge >= 0.3 is 5.97 Å². The van der Waals surface area contributed by atoms with Crippen molar-refractivity contribution in [3.63, 3.8) is 0 Å². The maximum atomic E-state index is 11.6. The largest absolute Gasteiger partial charge is 0.460 e. The zero-order valence-corrected chi connectivity index (χ0v) is 11.9. The fourth-order valence-corrected chi connectivity index (χ4v) is 1.65. The van der Waals surface area contributed by atoms with E-state index in [1.807, 2.05) is 36.4 Å². The molecule has 1 N–H and O–H groups in total. The normalized spacial score (nSPS) is 10.4. The molecule has 1 aromatic heterocycles. The van der Waals surface area contributed by atoms with E-state index in [0.717, 1.165) is 11.1 Å². The summed E-state index contributed by atoms with van der Waals surface area (Å²) in [4.78, 5) is 27.0. The van der Waals surface area contributed by atoms with E-state index in [4.69, 9.17) is 4.74 Å². The molecule has 0 bridgehead atoms. The second-order valence-electron chi connectivity index (χ2n) is 4.48. The van der Waals surface area contributed by atoms with Gasteiger partial charge in [0.25, 0.3) is 0 Å². The van der Waals surface area contributed by atoms with Crippen LogP contribution in [0.4, 0.5) is 0 Å². The smallest absolute Gasteiger partial charge is 0.325 e. The van der Waals surface area contributed by atoms with Gasteiger partial charge in [-0.05, 0) is 23.3 Å². The molecule has 0 saturated carbocycles. The molecule has 5 nitrogen and oxygen atoms in total. The van der Waals surface area contributed by atoms with Crippen LogP contribution in [0.5, 0.6) is 0 Å². The lowest BCUT2D eigenvalue weighted by atomic mass is 10.2. The molecule has 0 atom stereocenters. The number of nitrogens with zero attached hydrogens (tertiary/aromatic N) is 1. The molecule has 0 aliphatic heterocycles. The average molecular weight is 296 g/mol. The molecule has 0 saturated heterocycles. The van der Waals surface area contributed by atoms with Gasteiger partial charge in [-0.1, -0.05) is 36.4 Å². The van der Waals surface area contributed by atoms with Crippen LogP contribution in [0.25, 0.3) is 6.08 Å². The van der Waals surface area contributed by atoms with Crippen molar-refractivity contribution in [2.75, 3.05) is 6.54 Å². The number of nitrogens with one attached hydrogen (secondary N) is 1. The number of ether oxygens (including phenoxy) is 1. The van der Waals surface area contributed by atoms with E-state index in [1.165, 1.54) is 6.08 Å². The van der Waals surface area contributed by atoms with Gasteiger partial charge in [0.15, 0.2) is 0 Å². The monoisotopic (exact) mass is 296 g/mol. The Morgan fingerprint density at radius 1 is 1.14 bits per heavy atom. The third-order valence-corrected chi connectivity index (χ3v) is 2.76. The van der Waals surface area contributed by atoms with Crippen molar-refractivity contribution in [3.05, 3.63) is 72.1 Å². The zero-order valence-electron chi connectivity index (χ0n) is 11.9. The lowest BCUT2D eigenvalue weighted by Gasteiger charge is -2.05. The number of carbonyl (C=O) groups excluding carboxylic acids is 2. The molecule has 2 rings (SSSR count). The number of esters is 1. The highest BCUT2D eigenvalue weighted by Gasteiger charge is 2.04. The van der Waals surface area contributed by atoms with Gasteiger partial charge in [0, 0.05) is 18.5 Å². The second kappa shape index (κ2) is 8.36. The molecule has 2 aromatic rings.